The first-order valence-electron chi connectivity index (χ1n) is 6.19. The minimum Gasteiger partial charge on any atom is -0.379 e. The Labute approximate surface area is 93.3 Å². The van der Waals surface area contributed by atoms with Gasteiger partial charge in [0.05, 0.1) is 19.3 Å². The number of ether oxygens (including phenoxy) is 2. The van der Waals surface area contributed by atoms with Crippen molar-refractivity contribution >= 4 is 0 Å². The van der Waals surface area contributed by atoms with Crippen molar-refractivity contribution in [3.8, 4) is 0 Å². The molecule has 2 N–H and O–H groups in total. The molecular formula is C12H25NO2. The molecular weight excluding hydrogens is 190 g/mol. The maximum Gasteiger partial charge on any atom is 0.0781 e. The number of hydrogen-bond acceptors (Lipinski definition) is 3. The molecule has 15 heavy (non-hydrogen) atoms. The molecule has 0 radical (unpaired) electrons. The first-order chi connectivity index (χ1) is 7.24. The lowest BCUT2D eigenvalue weighted by Gasteiger charge is -2.21. The zero-order valence-electron chi connectivity index (χ0n) is 10.1. The van der Waals surface area contributed by atoms with E-state index in [0.717, 1.165) is 6.61 Å². The van der Waals surface area contributed by atoms with Crippen LogP contribution in [0.25, 0.3) is 0 Å². The third-order valence-electron chi connectivity index (χ3n) is 3.14. The monoisotopic (exact) mass is 215 g/mol. The molecule has 0 aromatic rings. The van der Waals surface area contributed by atoms with Crippen LogP contribution in [-0.4, -0.2) is 32.0 Å². The lowest BCUT2D eigenvalue weighted by molar-refractivity contribution is -0.0128. The number of hydrogen-bond donors (Lipinski definition) is 1. The Kier molecular flexibility index (Phi) is 6.22. The normalized spacial score (nSPS) is 21.8. The van der Waals surface area contributed by atoms with Crippen LogP contribution in [0.2, 0.25) is 0 Å². The first kappa shape index (κ1) is 12.9. The summed E-state index contributed by atoms with van der Waals surface area (Å²) in [5.74, 6) is 0.685. The lowest BCUT2D eigenvalue weighted by Crippen LogP contribution is -2.35. The molecule has 1 rings (SSSR count). The predicted octanol–water partition coefficient (Wildman–Crippen LogP) is 1.95. The fourth-order valence-electron chi connectivity index (χ4n) is 2.13. The Morgan fingerprint density at radius 2 is 1.93 bits per heavy atom. The van der Waals surface area contributed by atoms with Crippen LogP contribution in [0, 0.1) is 5.92 Å². The van der Waals surface area contributed by atoms with E-state index in [2.05, 4.69) is 0 Å². The van der Waals surface area contributed by atoms with Crippen LogP contribution in [0.4, 0.5) is 0 Å². The van der Waals surface area contributed by atoms with Crippen molar-refractivity contribution in [2.24, 2.45) is 11.7 Å². The van der Waals surface area contributed by atoms with Gasteiger partial charge in [0.1, 0.15) is 0 Å². The zero-order valence-corrected chi connectivity index (χ0v) is 10.1. The second-order valence-corrected chi connectivity index (χ2v) is 4.51. The maximum absolute atomic E-state index is 6.09. The van der Waals surface area contributed by atoms with Crippen LogP contribution >= 0.6 is 0 Å². The molecule has 0 aliphatic heterocycles. The molecule has 90 valence electrons. The highest BCUT2D eigenvalue weighted by atomic mass is 16.5. The molecule has 0 aromatic carbocycles. The van der Waals surface area contributed by atoms with Gasteiger partial charge in [-0.05, 0) is 32.6 Å². The third-order valence-corrected chi connectivity index (χ3v) is 3.14. The summed E-state index contributed by atoms with van der Waals surface area (Å²) in [6.45, 7) is 6.14. The van der Waals surface area contributed by atoms with Crippen molar-refractivity contribution < 1.29 is 9.47 Å². The Balaban J connectivity index is 2.07. The molecule has 1 saturated carbocycles. The summed E-state index contributed by atoms with van der Waals surface area (Å²) in [6, 6.07) is 0.219. The van der Waals surface area contributed by atoms with Gasteiger partial charge >= 0.3 is 0 Å². The van der Waals surface area contributed by atoms with Crippen molar-refractivity contribution in [1.82, 2.24) is 0 Å². The first-order valence-corrected chi connectivity index (χ1v) is 6.19. The van der Waals surface area contributed by atoms with Gasteiger partial charge in [-0.3, -0.25) is 0 Å². The summed E-state index contributed by atoms with van der Waals surface area (Å²) >= 11 is 0. The summed E-state index contributed by atoms with van der Waals surface area (Å²) in [7, 11) is 0. The van der Waals surface area contributed by atoms with E-state index in [4.69, 9.17) is 15.2 Å². The maximum atomic E-state index is 6.09. The van der Waals surface area contributed by atoms with E-state index < -0.39 is 0 Å². The second-order valence-electron chi connectivity index (χ2n) is 4.51. The molecule has 3 nitrogen and oxygen atoms in total. The van der Waals surface area contributed by atoms with Crippen LogP contribution in [0.1, 0.15) is 39.5 Å². The predicted molar refractivity (Wildman–Crippen MR) is 61.8 cm³/mol. The third kappa shape index (κ3) is 4.96. The lowest BCUT2D eigenvalue weighted by atomic mass is 10.00. The fourth-order valence-corrected chi connectivity index (χ4v) is 2.13. The van der Waals surface area contributed by atoms with E-state index in [9.17, 15) is 0 Å². The van der Waals surface area contributed by atoms with Crippen LogP contribution in [-0.2, 0) is 9.47 Å². The number of nitrogens with two attached hydrogens (primary N) is 1. The molecule has 3 heteroatoms. The zero-order chi connectivity index (χ0) is 11.1. The van der Waals surface area contributed by atoms with Gasteiger partial charge in [0, 0.05) is 12.6 Å². The van der Waals surface area contributed by atoms with Crippen LogP contribution in [0.5, 0.6) is 0 Å². The molecule has 1 aliphatic rings. The Morgan fingerprint density at radius 3 is 2.53 bits per heavy atom. The minimum absolute atomic E-state index is 0.164. The van der Waals surface area contributed by atoms with E-state index in [0.29, 0.717) is 19.1 Å². The van der Waals surface area contributed by atoms with Crippen LogP contribution in [0.15, 0.2) is 0 Å². The summed E-state index contributed by atoms with van der Waals surface area (Å²) in [6.07, 6.45) is 5.41. The molecule has 0 aromatic heterocycles. The molecule has 0 bridgehead atoms. The highest BCUT2D eigenvalue weighted by Gasteiger charge is 2.22. The second kappa shape index (κ2) is 7.20. The highest BCUT2D eigenvalue weighted by Crippen LogP contribution is 2.26. The van der Waals surface area contributed by atoms with E-state index in [1.165, 1.54) is 25.7 Å². The number of rotatable bonds is 7. The summed E-state index contributed by atoms with van der Waals surface area (Å²) < 4.78 is 11.0. The van der Waals surface area contributed by atoms with Crippen molar-refractivity contribution in [1.29, 1.82) is 0 Å². The van der Waals surface area contributed by atoms with Crippen LogP contribution in [0.3, 0.4) is 0 Å². The van der Waals surface area contributed by atoms with Gasteiger partial charge in [-0.15, -0.1) is 0 Å². The van der Waals surface area contributed by atoms with Gasteiger partial charge in [0.25, 0.3) is 0 Å². The Morgan fingerprint density at radius 1 is 1.27 bits per heavy atom. The van der Waals surface area contributed by atoms with Gasteiger partial charge in [0.15, 0.2) is 0 Å². The quantitative estimate of drug-likeness (QED) is 0.706. The summed E-state index contributed by atoms with van der Waals surface area (Å²) in [5, 5.41) is 0. The molecule has 0 heterocycles. The summed E-state index contributed by atoms with van der Waals surface area (Å²) in [4.78, 5) is 0. The molecule has 1 aliphatic carbocycles. The molecule has 0 amide bonds. The van der Waals surface area contributed by atoms with Gasteiger partial charge in [0.2, 0.25) is 0 Å². The standard InChI is InChI=1S/C12H25NO2/c1-3-14-8-10(2)15-9-12(13)11-6-4-5-7-11/h10-12H,3-9,13H2,1-2H3. The fraction of sp³-hybridized carbons (Fsp3) is 1.00. The van der Waals surface area contributed by atoms with Crippen molar-refractivity contribution in [2.45, 2.75) is 51.7 Å². The molecule has 0 saturated heterocycles. The largest absolute Gasteiger partial charge is 0.379 e. The highest BCUT2D eigenvalue weighted by molar-refractivity contribution is 4.77. The SMILES string of the molecule is CCOCC(C)OCC(N)C1CCCC1. The summed E-state index contributed by atoms with van der Waals surface area (Å²) in [5.41, 5.74) is 6.09. The Hall–Kier alpha value is -0.120. The van der Waals surface area contributed by atoms with Gasteiger partial charge in [-0.1, -0.05) is 12.8 Å². The van der Waals surface area contributed by atoms with Gasteiger partial charge in [-0.2, -0.15) is 0 Å². The Bertz CT molecular complexity index is 158. The van der Waals surface area contributed by atoms with Crippen molar-refractivity contribution in [2.75, 3.05) is 19.8 Å². The van der Waals surface area contributed by atoms with Crippen molar-refractivity contribution in [3.63, 3.8) is 0 Å². The van der Waals surface area contributed by atoms with Gasteiger partial charge < -0.3 is 15.2 Å². The van der Waals surface area contributed by atoms with E-state index in [1.54, 1.807) is 0 Å². The average Bonchev–Trinajstić information content (AvgIpc) is 2.76. The minimum atomic E-state index is 0.164. The molecule has 0 spiro atoms. The molecule has 1 fully saturated rings. The van der Waals surface area contributed by atoms with E-state index in [-0.39, 0.29) is 12.1 Å². The van der Waals surface area contributed by atoms with Crippen LogP contribution < -0.4 is 5.73 Å². The molecule has 2 atom stereocenters. The topological polar surface area (TPSA) is 44.5 Å². The van der Waals surface area contributed by atoms with Crippen molar-refractivity contribution in [3.05, 3.63) is 0 Å². The molecule has 2 unspecified atom stereocenters. The van der Waals surface area contributed by atoms with Gasteiger partial charge in [-0.25, -0.2) is 0 Å². The smallest absolute Gasteiger partial charge is 0.0781 e. The van der Waals surface area contributed by atoms with E-state index in [1.807, 2.05) is 13.8 Å². The van der Waals surface area contributed by atoms with E-state index >= 15 is 0 Å². The average molecular weight is 215 g/mol.